The van der Waals surface area contributed by atoms with Crippen molar-refractivity contribution < 1.29 is 9.90 Å². The highest BCUT2D eigenvalue weighted by Gasteiger charge is 2.20. The fraction of sp³-hybridized carbons (Fsp3) is 0.385. The Bertz CT molecular complexity index is 570. The molecule has 1 N–H and O–H groups in total. The number of nitrogens with zero attached hydrogens (tertiary/aromatic N) is 2. The lowest BCUT2D eigenvalue weighted by molar-refractivity contribution is 0.0697. The van der Waals surface area contributed by atoms with Gasteiger partial charge in [-0.1, -0.05) is 6.92 Å². The van der Waals surface area contributed by atoms with Crippen molar-refractivity contribution in [1.82, 2.24) is 9.55 Å². The molecule has 2 aromatic rings. The summed E-state index contributed by atoms with van der Waals surface area (Å²) < 4.78 is 2.04. The van der Waals surface area contributed by atoms with Gasteiger partial charge in [0.2, 0.25) is 0 Å². The van der Waals surface area contributed by atoms with Gasteiger partial charge < -0.3 is 9.67 Å². The summed E-state index contributed by atoms with van der Waals surface area (Å²) in [6.07, 6.45) is 2.73. The molecule has 4 nitrogen and oxygen atoms in total. The largest absolute Gasteiger partial charge is 0.478 e. The third-order valence-electron chi connectivity index (χ3n) is 3.31. The molecular weight excluding hydrogens is 216 g/mol. The summed E-state index contributed by atoms with van der Waals surface area (Å²) in [4.78, 5) is 15.3. The number of hydrogen-bond donors (Lipinski definition) is 1. The molecule has 0 unspecified atom stereocenters. The molecule has 17 heavy (non-hydrogen) atoms. The number of benzene rings is 1. The van der Waals surface area contributed by atoms with Gasteiger partial charge in [-0.3, -0.25) is 0 Å². The van der Waals surface area contributed by atoms with Crippen molar-refractivity contribution in [1.29, 1.82) is 0 Å². The molecule has 0 amide bonds. The summed E-state index contributed by atoms with van der Waals surface area (Å²) in [5.74, 6) is -0.908. The summed E-state index contributed by atoms with van der Waals surface area (Å²) in [6, 6.07) is 5.02. The van der Waals surface area contributed by atoms with Gasteiger partial charge in [-0.15, -0.1) is 0 Å². The third-order valence-corrected chi connectivity index (χ3v) is 3.31. The van der Waals surface area contributed by atoms with E-state index in [0.29, 0.717) is 5.56 Å². The predicted octanol–water partition coefficient (Wildman–Crippen LogP) is 2.88. The first-order chi connectivity index (χ1) is 7.95. The van der Waals surface area contributed by atoms with Crippen LogP contribution in [-0.2, 0) is 5.54 Å². The van der Waals surface area contributed by atoms with E-state index in [4.69, 9.17) is 5.11 Å². The molecule has 1 aromatic heterocycles. The molecule has 0 fully saturated rings. The van der Waals surface area contributed by atoms with Crippen LogP contribution >= 0.6 is 0 Å². The van der Waals surface area contributed by atoms with Crippen LogP contribution in [0.15, 0.2) is 24.5 Å². The topological polar surface area (TPSA) is 55.1 Å². The molecule has 0 saturated carbocycles. The Kier molecular flexibility index (Phi) is 2.65. The molecule has 1 aromatic carbocycles. The number of aromatic carboxylic acids is 1. The van der Waals surface area contributed by atoms with Gasteiger partial charge >= 0.3 is 5.97 Å². The number of imidazole rings is 1. The first kappa shape index (κ1) is 11.6. The molecule has 0 aliphatic carbocycles. The zero-order valence-electron chi connectivity index (χ0n) is 10.3. The van der Waals surface area contributed by atoms with Crippen molar-refractivity contribution in [3.05, 3.63) is 30.1 Å². The Balaban J connectivity index is 2.66. The predicted molar refractivity (Wildman–Crippen MR) is 66.3 cm³/mol. The van der Waals surface area contributed by atoms with Crippen LogP contribution < -0.4 is 0 Å². The highest BCUT2D eigenvalue weighted by Crippen LogP contribution is 2.25. The second-order valence-corrected chi connectivity index (χ2v) is 4.79. The normalized spacial score (nSPS) is 11.9. The Labute approximate surface area is 99.9 Å². The van der Waals surface area contributed by atoms with Crippen LogP contribution in [0, 0.1) is 0 Å². The average Bonchev–Trinajstić information content (AvgIpc) is 2.72. The lowest BCUT2D eigenvalue weighted by Gasteiger charge is -2.25. The van der Waals surface area contributed by atoms with Crippen LogP contribution in [0.2, 0.25) is 0 Å². The first-order valence-corrected chi connectivity index (χ1v) is 5.66. The van der Waals surface area contributed by atoms with Gasteiger partial charge in [-0.2, -0.15) is 0 Å². The molecular formula is C13H16N2O2. The van der Waals surface area contributed by atoms with E-state index in [-0.39, 0.29) is 5.54 Å². The molecule has 0 bridgehead atoms. The molecule has 0 aliphatic heterocycles. The smallest absolute Gasteiger partial charge is 0.335 e. The van der Waals surface area contributed by atoms with Crippen LogP contribution in [0.1, 0.15) is 37.6 Å². The quantitative estimate of drug-likeness (QED) is 0.885. The summed E-state index contributed by atoms with van der Waals surface area (Å²) >= 11 is 0. The zero-order chi connectivity index (χ0) is 12.6. The second kappa shape index (κ2) is 3.87. The number of fused-ring (bicyclic) bond motifs is 1. The van der Waals surface area contributed by atoms with E-state index >= 15 is 0 Å². The summed E-state index contributed by atoms with van der Waals surface area (Å²) in [5, 5.41) is 9.00. The summed E-state index contributed by atoms with van der Waals surface area (Å²) in [6.45, 7) is 6.33. The molecule has 4 heteroatoms. The van der Waals surface area contributed by atoms with Crippen LogP contribution in [-0.4, -0.2) is 20.6 Å². The molecule has 90 valence electrons. The lowest BCUT2D eigenvalue weighted by atomic mass is 10.0. The van der Waals surface area contributed by atoms with Gasteiger partial charge in [0.1, 0.15) is 0 Å². The lowest BCUT2D eigenvalue weighted by Crippen LogP contribution is -2.24. The van der Waals surface area contributed by atoms with E-state index in [1.54, 1.807) is 24.5 Å². The van der Waals surface area contributed by atoms with Crippen molar-refractivity contribution in [2.75, 3.05) is 0 Å². The van der Waals surface area contributed by atoms with Crippen LogP contribution in [0.3, 0.4) is 0 Å². The Hall–Kier alpha value is -1.84. The number of rotatable bonds is 3. The zero-order valence-corrected chi connectivity index (χ0v) is 10.3. The first-order valence-electron chi connectivity index (χ1n) is 5.66. The highest BCUT2D eigenvalue weighted by molar-refractivity contribution is 5.92. The molecule has 0 spiro atoms. The van der Waals surface area contributed by atoms with Crippen LogP contribution in [0.25, 0.3) is 11.0 Å². The van der Waals surface area contributed by atoms with Crippen molar-refractivity contribution in [3.8, 4) is 0 Å². The Morgan fingerprint density at radius 2 is 2.18 bits per heavy atom. The molecule has 0 atom stereocenters. The van der Waals surface area contributed by atoms with Crippen LogP contribution in [0.4, 0.5) is 0 Å². The number of hydrogen-bond acceptors (Lipinski definition) is 2. The van der Waals surface area contributed by atoms with E-state index < -0.39 is 5.97 Å². The van der Waals surface area contributed by atoms with Crippen molar-refractivity contribution >= 4 is 17.0 Å². The maximum Gasteiger partial charge on any atom is 0.335 e. The molecule has 2 rings (SSSR count). The minimum absolute atomic E-state index is 0.0636. The summed E-state index contributed by atoms with van der Waals surface area (Å²) in [5.41, 5.74) is 1.94. The van der Waals surface area contributed by atoms with Gasteiger partial charge in [0.15, 0.2) is 0 Å². The maximum atomic E-state index is 11.0. The standard InChI is InChI=1S/C13H16N2O2/c1-4-13(2,3)15-8-14-10-6-5-9(12(16)17)7-11(10)15/h5-8H,4H2,1-3H3,(H,16,17). The number of carboxylic acids is 1. The third kappa shape index (κ3) is 1.90. The van der Waals surface area contributed by atoms with E-state index in [9.17, 15) is 4.79 Å². The SMILES string of the molecule is CCC(C)(C)n1cnc2ccc(C(=O)O)cc21. The van der Waals surface area contributed by atoms with E-state index in [1.165, 1.54) is 0 Å². The minimum Gasteiger partial charge on any atom is -0.478 e. The van der Waals surface area contributed by atoms with E-state index in [0.717, 1.165) is 17.5 Å². The number of aromatic nitrogens is 2. The second-order valence-electron chi connectivity index (χ2n) is 4.79. The average molecular weight is 232 g/mol. The maximum absolute atomic E-state index is 11.0. The highest BCUT2D eigenvalue weighted by atomic mass is 16.4. The Morgan fingerprint density at radius 3 is 2.76 bits per heavy atom. The fourth-order valence-electron chi connectivity index (χ4n) is 1.79. The molecule has 0 radical (unpaired) electrons. The van der Waals surface area contributed by atoms with Crippen molar-refractivity contribution in [2.45, 2.75) is 32.7 Å². The van der Waals surface area contributed by atoms with E-state index in [2.05, 4.69) is 25.8 Å². The van der Waals surface area contributed by atoms with Gasteiger partial charge in [-0.25, -0.2) is 9.78 Å². The number of carboxylic acid groups (broad SMARTS) is 1. The fourth-order valence-corrected chi connectivity index (χ4v) is 1.79. The molecule has 1 heterocycles. The minimum atomic E-state index is -0.908. The van der Waals surface area contributed by atoms with Gasteiger partial charge in [0.25, 0.3) is 0 Å². The summed E-state index contributed by atoms with van der Waals surface area (Å²) in [7, 11) is 0. The van der Waals surface area contributed by atoms with Gasteiger partial charge in [0.05, 0.1) is 22.9 Å². The van der Waals surface area contributed by atoms with Crippen LogP contribution in [0.5, 0.6) is 0 Å². The van der Waals surface area contributed by atoms with Crippen molar-refractivity contribution in [2.24, 2.45) is 0 Å². The molecule has 0 saturated heterocycles. The Morgan fingerprint density at radius 1 is 1.47 bits per heavy atom. The number of carbonyl (C=O) groups is 1. The van der Waals surface area contributed by atoms with E-state index in [1.807, 2.05) is 4.57 Å². The monoisotopic (exact) mass is 232 g/mol. The van der Waals surface area contributed by atoms with Crippen molar-refractivity contribution in [3.63, 3.8) is 0 Å². The van der Waals surface area contributed by atoms with Gasteiger partial charge in [-0.05, 0) is 38.5 Å². The van der Waals surface area contributed by atoms with Gasteiger partial charge in [0, 0.05) is 5.54 Å². The molecule has 0 aliphatic rings.